The van der Waals surface area contributed by atoms with Crippen LogP contribution in [0.5, 0.6) is 11.5 Å². The van der Waals surface area contributed by atoms with Gasteiger partial charge in [0.05, 0.1) is 19.6 Å². The van der Waals surface area contributed by atoms with Gasteiger partial charge in [-0.15, -0.1) is 0 Å². The van der Waals surface area contributed by atoms with Crippen LogP contribution in [0.25, 0.3) is 0 Å². The minimum absolute atomic E-state index is 0.0163. The van der Waals surface area contributed by atoms with Crippen molar-refractivity contribution >= 4 is 11.8 Å². The zero-order chi connectivity index (χ0) is 19.1. The molecule has 0 bridgehead atoms. The van der Waals surface area contributed by atoms with Crippen LogP contribution in [0.3, 0.4) is 0 Å². The van der Waals surface area contributed by atoms with E-state index in [2.05, 4.69) is 10.3 Å². The van der Waals surface area contributed by atoms with Crippen LogP contribution in [-0.4, -0.2) is 48.5 Å². The van der Waals surface area contributed by atoms with E-state index >= 15 is 0 Å². The fraction of sp³-hybridized carbons (Fsp3) is 0.350. The highest BCUT2D eigenvalue weighted by atomic mass is 16.5. The SMILES string of the molecule is COc1ccc(OCCN2CC(C(=O)NCc3ccncc3)CC2=O)cc1. The molecule has 1 aromatic heterocycles. The number of hydrogen-bond donors (Lipinski definition) is 1. The number of methoxy groups -OCH3 is 1. The predicted molar refractivity (Wildman–Crippen MR) is 99.3 cm³/mol. The number of pyridine rings is 1. The van der Waals surface area contributed by atoms with Crippen molar-refractivity contribution in [3.63, 3.8) is 0 Å². The lowest BCUT2D eigenvalue weighted by Crippen LogP contribution is -2.34. The Kier molecular flexibility index (Phi) is 6.25. The average molecular weight is 369 g/mol. The van der Waals surface area contributed by atoms with Gasteiger partial charge in [0.15, 0.2) is 0 Å². The zero-order valence-electron chi connectivity index (χ0n) is 15.3. The van der Waals surface area contributed by atoms with Gasteiger partial charge in [-0.05, 0) is 42.0 Å². The van der Waals surface area contributed by atoms with Crippen LogP contribution in [0.1, 0.15) is 12.0 Å². The molecule has 1 N–H and O–H groups in total. The first-order valence-corrected chi connectivity index (χ1v) is 8.87. The summed E-state index contributed by atoms with van der Waals surface area (Å²) in [6.07, 6.45) is 3.61. The van der Waals surface area contributed by atoms with Gasteiger partial charge in [0.1, 0.15) is 18.1 Å². The second-order valence-corrected chi connectivity index (χ2v) is 6.34. The summed E-state index contributed by atoms with van der Waals surface area (Å²) in [5.74, 6) is 1.04. The van der Waals surface area contributed by atoms with E-state index in [1.165, 1.54) is 0 Å². The van der Waals surface area contributed by atoms with E-state index in [0.717, 1.165) is 11.3 Å². The number of nitrogens with one attached hydrogen (secondary N) is 1. The van der Waals surface area contributed by atoms with Crippen molar-refractivity contribution in [2.24, 2.45) is 5.92 Å². The quantitative estimate of drug-likeness (QED) is 0.765. The fourth-order valence-electron chi connectivity index (χ4n) is 2.94. The van der Waals surface area contributed by atoms with Gasteiger partial charge in [-0.1, -0.05) is 0 Å². The molecule has 1 aliphatic rings. The number of aromatic nitrogens is 1. The molecule has 1 atom stereocenters. The second kappa shape index (κ2) is 9.02. The number of likely N-dealkylation sites (tertiary alicyclic amines) is 1. The Labute approximate surface area is 158 Å². The first kappa shape index (κ1) is 18.7. The number of amides is 2. The van der Waals surface area contributed by atoms with Gasteiger partial charge in [0, 0.05) is 31.9 Å². The summed E-state index contributed by atoms with van der Waals surface area (Å²) in [6, 6.07) is 11.0. The molecule has 27 heavy (non-hydrogen) atoms. The number of ether oxygens (including phenoxy) is 2. The van der Waals surface area contributed by atoms with Gasteiger partial charge in [0.25, 0.3) is 0 Å². The molecular formula is C20H23N3O4. The number of carbonyl (C=O) groups is 2. The van der Waals surface area contributed by atoms with Crippen LogP contribution in [0.2, 0.25) is 0 Å². The van der Waals surface area contributed by atoms with Crippen molar-refractivity contribution in [1.82, 2.24) is 15.2 Å². The van der Waals surface area contributed by atoms with E-state index in [9.17, 15) is 9.59 Å². The second-order valence-electron chi connectivity index (χ2n) is 6.34. The fourth-order valence-corrected chi connectivity index (χ4v) is 2.94. The lowest BCUT2D eigenvalue weighted by Gasteiger charge is -2.17. The maximum atomic E-state index is 12.3. The number of carbonyl (C=O) groups excluding carboxylic acids is 2. The number of benzene rings is 1. The number of rotatable bonds is 8. The van der Waals surface area contributed by atoms with Gasteiger partial charge in [-0.25, -0.2) is 0 Å². The maximum absolute atomic E-state index is 12.3. The van der Waals surface area contributed by atoms with E-state index in [4.69, 9.17) is 9.47 Å². The summed E-state index contributed by atoms with van der Waals surface area (Å²) in [4.78, 5) is 30.1. The molecular weight excluding hydrogens is 346 g/mol. The average Bonchev–Trinajstić information content (AvgIpc) is 3.08. The number of hydrogen-bond acceptors (Lipinski definition) is 5. The van der Waals surface area contributed by atoms with Crippen molar-refractivity contribution in [2.75, 3.05) is 26.8 Å². The highest BCUT2D eigenvalue weighted by molar-refractivity contribution is 5.89. The standard InChI is InChI=1S/C20H23N3O4/c1-26-17-2-4-18(5-3-17)27-11-10-23-14-16(12-19(23)24)20(25)22-13-15-6-8-21-9-7-15/h2-9,16H,10-14H2,1H3,(H,22,25). The van der Waals surface area contributed by atoms with Crippen LogP contribution in [0, 0.1) is 5.92 Å². The first-order chi connectivity index (χ1) is 13.2. The zero-order valence-corrected chi connectivity index (χ0v) is 15.3. The highest BCUT2D eigenvalue weighted by Gasteiger charge is 2.33. The lowest BCUT2D eigenvalue weighted by atomic mass is 10.1. The summed E-state index contributed by atoms with van der Waals surface area (Å²) in [5, 5.41) is 2.89. The molecule has 1 aromatic carbocycles. The third kappa shape index (κ3) is 5.20. The van der Waals surface area contributed by atoms with Gasteiger partial charge in [-0.2, -0.15) is 0 Å². The minimum Gasteiger partial charge on any atom is -0.497 e. The molecule has 7 heteroatoms. The molecule has 2 amide bonds. The normalized spacial score (nSPS) is 16.3. The Balaban J connectivity index is 1.42. The van der Waals surface area contributed by atoms with E-state index < -0.39 is 0 Å². The Morgan fingerprint density at radius 1 is 1.19 bits per heavy atom. The molecule has 1 unspecified atom stereocenters. The largest absolute Gasteiger partial charge is 0.497 e. The molecule has 1 saturated heterocycles. The first-order valence-electron chi connectivity index (χ1n) is 8.87. The van der Waals surface area contributed by atoms with Crippen molar-refractivity contribution in [1.29, 1.82) is 0 Å². The Bertz CT molecular complexity index is 765. The third-order valence-electron chi connectivity index (χ3n) is 4.49. The number of nitrogens with zero attached hydrogens (tertiary/aromatic N) is 2. The van der Waals surface area contributed by atoms with Crippen LogP contribution in [0.4, 0.5) is 0 Å². The molecule has 142 valence electrons. The van der Waals surface area contributed by atoms with E-state index in [-0.39, 0.29) is 24.2 Å². The molecule has 2 heterocycles. The van der Waals surface area contributed by atoms with E-state index in [0.29, 0.717) is 32.0 Å². The topological polar surface area (TPSA) is 80.8 Å². The summed E-state index contributed by atoms with van der Waals surface area (Å²) >= 11 is 0. The monoisotopic (exact) mass is 369 g/mol. The maximum Gasteiger partial charge on any atom is 0.225 e. The van der Waals surface area contributed by atoms with Crippen molar-refractivity contribution in [3.05, 3.63) is 54.4 Å². The summed E-state index contributed by atoms with van der Waals surface area (Å²) in [5.41, 5.74) is 0.979. The molecule has 0 saturated carbocycles. The predicted octanol–water partition coefficient (Wildman–Crippen LogP) is 1.63. The van der Waals surface area contributed by atoms with Crippen molar-refractivity contribution < 1.29 is 19.1 Å². The van der Waals surface area contributed by atoms with Gasteiger partial charge < -0.3 is 19.7 Å². The molecule has 3 rings (SSSR count). The smallest absolute Gasteiger partial charge is 0.225 e. The molecule has 7 nitrogen and oxygen atoms in total. The van der Waals surface area contributed by atoms with Crippen LogP contribution < -0.4 is 14.8 Å². The van der Waals surface area contributed by atoms with Crippen LogP contribution in [-0.2, 0) is 16.1 Å². The Morgan fingerprint density at radius 3 is 2.59 bits per heavy atom. The summed E-state index contributed by atoms with van der Waals surface area (Å²) in [7, 11) is 1.61. The Hall–Kier alpha value is -3.09. The molecule has 2 aromatic rings. The Morgan fingerprint density at radius 2 is 1.89 bits per heavy atom. The van der Waals surface area contributed by atoms with E-state index in [1.807, 2.05) is 36.4 Å². The molecule has 0 spiro atoms. The summed E-state index contributed by atoms with van der Waals surface area (Å²) in [6.45, 7) is 1.70. The molecule has 0 aliphatic carbocycles. The third-order valence-corrected chi connectivity index (χ3v) is 4.49. The van der Waals surface area contributed by atoms with Gasteiger partial charge >= 0.3 is 0 Å². The van der Waals surface area contributed by atoms with Crippen LogP contribution in [0.15, 0.2) is 48.8 Å². The molecule has 1 aliphatic heterocycles. The van der Waals surface area contributed by atoms with E-state index in [1.54, 1.807) is 24.4 Å². The van der Waals surface area contributed by atoms with Crippen molar-refractivity contribution in [3.8, 4) is 11.5 Å². The van der Waals surface area contributed by atoms with Gasteiger partial charge in [-0.3, -0.25) is 14.6 Å². The molecule has 1 fully saturated rings. The van der Waals surface area contributed by atoms with Crippen molar-refractivity contribution in [2.45, 2.75) is 13.0 Å². The minimum atomic E-state index is -0.319. The van der Waals surface area contributed by atoms with Gasteiger partial charge in [0.2, 0.25) is 11.8 Å². The summed E-state index contributed by atoms with van der Waals surface area (Å²) < 4.78 is 10.8. The van der Waals surface area contributed by atoms with Crippen LogP contribution >= 0.6 is 0 Å². The highest BCUT2D eigenvalue weighted by Crippen LogP contribution is 2.19. The lowest BCUT2D eigenvalue weighted by molar-refractivity contribution is -0.129. The molecule has 0 radical (unpaired) electrons.